The Labute approximate surface area is 150 Å². The van der Waals surface area contributed by atoms with E-state index in [9.17, 15) is 26.4 Å². The van der Waals surface area contributed by atoms with E-state index in [2.05, 4.69) is 0 Å². The van der Waals surface area contributed by atoms with Crippen LogP contribution in [0.5, 0.6) is 5.75 Å². The number of benzene rings is 1. The summed E-state index contributed by atoms with van der Waals surface area (Å²) in [5.41, 5.74) is 0.804. The minimum Gasteiger partial charge on any atom is -0.497 e. The Morgan fingerprint density at radius 2 is 1.96 bits per heavy atom. The fraction of sp³-hybridized carbons (Fsp3) is 0.562. The Hall–Kier alpha value is -1.81. The molecule has 26 heavy (non-hydrogen) atoms. The molecule has 1 N–H and O–H groups in total. The topological polar surface area (TPSA) is 75.7 Å². The van der Waals surface area contributed by atoms with Crippen molar-refractivity contribution in [2.24, 2.45) is 0 Å². The van der Waals surface area contributed by atoms with Gasteiger partial charge < -0.3 is 10.1 Å². The molecule has 1 fully saturated rings. The molecule has 0 bridgehead atoms. The molecule has 0 radical (unpaired) electrons. The van der Waals surface area contributed by atoms with Gasteiger partial charge in [0.25, 0.3) is 0 Å². The Kier molecular flexibility index (Phi) is 6.51. The maximum absolute atomic E-state index is 12.3. The Bertz CT molecular complexity index is 720. The zero-order chi connectivity index (χ0) is 19.4. The van der Waals surface area contributed by atoms with Gasteiger partial charge in [0.05, 0.1) is 25.2 Å². The van der Waals surface area contributed by atoms with Crippen LogP contribution in [0.25, 0.3) is 0 Å². The smallest absolute Gasteiger partial charge is 0.405 e. The minimum absolute atomic E-state index is 0.0148. The van der Waals surface area contributed by atoms with Crippen molar-refractivity contribution in [1.29, 1.82) is 0 Å². The second kappa shape index (κ2) is 8.26. The number of hydrogen-bond acceptors (Lipinski definition) is 5. The van der Waals surface area contributed by atoms with Crippen LogP contribution in [0.15, 0.2) is 24.3 Å². The van der Waals surface area contributed by atoms with E-state index in [-0.39, 0.29) is 24.6 Å². The highest BCUT2D eigenvalue weighted by molar-refractivity contribution is 7.91. The van der Waals surface area contributed by atoms with Gasteiger partial charge in [-0.2, -0.15) is 13.2 Å². The van der Waals surface area contributed by atoms with E-state index in [1.807, 2.05) is 5.32 Å². The van der Waals surface area contributed by atoms with E-state index in [0.717, 1.165) is 5.56 Å². The molecule has 1 aliphatic heterocycles. The van der Waals surface area contributed by atoms with Crippen LogP contribution >= 0.6 is 0 Å². The maximum Gasteiger partial charge on any atom is 0.405 e. The summed E-state index contributed by atoms with van der Waals surface area (Å²) in [6.45, 7) is -1.46. The third-order valence-electron chi connectivity index (χ3n) is 4.10. The molecular formula is C16H21F3N2O4S. The van der Waals surface area contributed by atoms with Crippen molar-refractivity contribution < 1.29 is 31.1 Å². The third-order valence-corrected chi connectivity index (χ3v) is 5.85. The monoisotopic (exact) mass is 394 g/mol. The molecule has 0 aliphatic carbocycles. The summed E-state index contributed by atoms with van der Waals surface area (Å²) in [5.74, 6) is -0.233. The SMILES string of the molecule is COc1ccc(CN(CC(=O)NCC(F)(F)F)[C@@H]2CCS(=O)(=O)C2)cc1. The molecule has 2 rings (SSSR count). The zero-order valence-electron chi connectivity index (χ0n) is 14.3. The number of nitrogens with zero attached hydrogens (tertiary/aromatic N) is 1. The van der Waals surface area contributed by atoms with Gasteiger partial charge in [-0.1, -0.05) is 12.1 Å². The molecular weight excluding hydrogens is 373 g/mol. The zero-order valence-corrected chi connectivity index (χ0v) is 15.1. The van der Waals surface area contributed by atoms with Gasteiger partial charge in [0.15, 0.2) is 9.84 Å². The molecule has 0 unspecified atom stereocenters. The van der Waals surface area contributed by atoms with Crippen LogP contribution in [0.2, 0.25) is 0 Å². The number of carbonyl (C=O) groups is 1. The molecule has 1 amide bonds. The van der Waals surface area contributed by atoms with Crippen molar-refractivity contribution in [3.63, 3.8) is 0 Å². The van der Waals surface area contributed by atoms with Gasteiger partial charge in [-0.05, 0) is 24.1 Å². The first kappa shape index (κ1) is 20.5. The highest BCUT2D eigenvalue weighted by Crippen LogP contribution is 2.21. The van der Waals surface area contributed by atoms with Gasteiger partial charge in [-0.15, -0.1) is 0 Å². The van der Waals surface area contributed by atoms with E-state index in [4.69, 9.17) is 4.74 Å². The van der Waals surface area contributed by atoms with Gasteiger partial charge in [-0.3, -0.25) is 9.69 Å². The largest absolute Gasteiger partial charge is 0.497 e. The number of hydrogen-bond donors (Lipinski definition) is 1. The highest BCUT2D eigenvalue weighted by Gasteiger charge is 2.34. The summed E-state index contributed by atoms with van der Waals surface area (Å²) in [7, 11) is -1.66. The average molecular weight is 394 g/mol. The molecule has 1 saturated heterocycles. The lowest BCUT2D eigenvalue weighted by molar-refractivity contribution is -0.139. The van der Waals surface area contributed by atoms with Crippen molar-refractivity contribution in [3.05, 3.63) is 29.8 Å². The lowest BCUT2D eigenvalue weighted by Gasteiger charge is -2.27. The summed E-state index contributed by atoms with van der Waals surface area (Å²) < 4.78 is 65.3. The molecule has 1 aliphatic rings. The van der Waals surface area contributed by atoms with Crippen molar-refractivity contribution in [2.45, 2.75) is 25.2 Å². The number of methoxy groups -OCH3 is 1. The Balaban J connectivity index is 2.07. The molecule has 1 aromatic rings. The minimum atomic E-state index is -4.49. The van der Waals surface area contributed by atoms with Gasteiger partial charge in [-0.25, -0.2) is 8.42 Å². The molecule has 0 aromatic heterocycles. The highest BCUT2D eigenvalue weighted by atomic mass is 32.2. The van der Waals surface area contributed by atoms with Crippen LogP contribution < -0.4 is 10.1 Å². The molecule has 1 atom stereocenters. The van der Waals surface area contributed by atoms with Gasteiger partial charge in [0.2, 0.25) is 5.91 Å². The maximum atomic E-state index is 12.3. The number of ether oxygens (including phenoxy) is 1. The number of nitrogens with one attached hydrogen (secondary N) is 1. The van der Waals surface area contributed by atoms with E-state index in [0.29, 0.717) is 12.2 Å². The van der Waals surface area contributed by atoms with Crippen LogP contribution in [-0.4, -0.2) is 63.1 Å². The fourth-order valence-corrected chi connectivity index (χ4v) is 4.54. The number of rotatable bonds is 7. The number of amides is 1. The standard InChI is InChI=1S/C16H21F3N2O4S/c1-25-14-4-2-12(3-5-14)8-21(13-6-7-26(23,24)10-13)9-15(22)20-11-16(17,18)19/h2-5,13H,6-11H2,1H3,(H,20,22)/t13-/m1/s1. The lowest BCUT2D eigenvalue weighted by Crippen LogP contribution is -2.45. The summed E-state index contributed by atoms with van der Waals surface area (Å²) in [6.07, 6.45) is -4.14. The van der Waals surface area contributed by atoms with Gasteiger partial charge >= 0.3 is 6.18 Å². The molecule has 6 nitrogen and oxygen atoms in total. The third kappa shape index (κ3) is 6.49. The van der Waals surface area contributed by atoms with Crippen LogP contribution in [0.1, 0.15) is 12.0 Å². The number of alkyl halides is 3. The van der Waals surface area contributed by atoms with Gasteiger partial charge in [0, 0.05) is 12.6 Å². The summed E-state index contributed by atoms with van der Waals surface area (Å²) in [6, 6.07) is 6.58. The first-order valence-electron chi connectivity index (χ1n) is 7.99. The Morgan fingerprint density at radius 3 is 2.46 bits per heavy atom. The predicted molar refractivity (Wildman–Crippen MR) is 89.5 cm³/mol. The van der Waals surface area contributed by atoms with Crippen LogP contribution in [-0.2, 0) is 21.2 Å². The van der Waals surface area contributed by atoms with E-state index >= 15 is 0 Å². The Morgan fingerprint density at radius 1 is 1.31 bits per heavy atom. The number of sulfone groups is 1. The number of halogens is 3. The second-order valence-corrected chi connectivity index (χ2v) is 8.43. The van der Waals surface area contributed by atoms with Crippen molar-refractivity contribution in [3.8, 4) is 5.75 Å². The molecule has 146 valence electrons. The second-order valence-electron chi connectivity index (χ2n) is 6.20. The molecule has 10 heteroatoms. The molecule has 0 spiro atoms. The quantitative estimate of drug-likeness (QED) is 0.756. The normalized spacial score (nSPS) is 19.5. The van der Waals surface area contributed by atoms with Gasteiger partial charge in [0.1, 0.15) is 12.3 Å². The van der Waals surface area contributed by atoms with Crippen molar-refractivity contribution in [2.75, 3.05) is 31.7 Å². The van der Waals surface area contributed by atoms with E-state index < -0.39 is 34.5 Å². The molecule has 1 aromatic carbocycles. The first-order valence-corrected chi connectivity index (χ1v) is 9.81. The summed E-state index contributed by atoms with van der Waals surface area (Å²) in [5, 5.41) is 1.83. The number of carbonyl (C=O) groups excluding carboxylic acids is 1. The summed E-state index contributed by atoms with van der Waals surface area (Å²) in [4.78, 5) is 13.5. The van der Waals surface area contributed by atoms with E-state index in [1.54, 1.807) is 29.2 Å². The predicted octanol–water partition coefficient (Wildman–Crippen LogP) is 1.36. The fourth-order valence-electron chi connectivity index (χ4n) is 2.78. The first-order chi connectivity index (χ1) is 12.1. The van der Waals surface area contributed by atoms with Crippen molar-refractivity contribution in [1.82, 2.24) is 10.2 Å². The van der Waals surface area contributed by atoms with E-state index in [1.165, 1.54) is 7.11 Å². The summed E-state index contributed by atoms with van der Waals surface area (Å²) >= 11 is 0. The molecule has 1 heterocycles. The van der Waals surface area contributed by atoms with Crippen LogP contribution in [0.4, 0.5) is 13.2 Å². The molecule has 0 saturated carbocycles. The lowest BCUT2D eigenvalue weighted by atomic mass is 10.1. The van der Waals surface area contributed by atoms with Crippen molar-refractivity contribution >= 4 is 15.7 Å². The van der Waals surface area contributed by atoms with Crippen LogP contribution in [0.3, 0.4) is 0 Å². The van der Waals surface area contributed by atoms with Crippen LogP contribution in [0, 0.1) is 0 Å². The average Bonchev–Trinajstić information content (AvgIpc) is 2.92.